The number of rotatable bonds is 2. The maximum absolute atomic E-state index is 10.4. The number of benzene rings is 1. The van der Waals surface area contributed by atoms with Crippen LogP contribution in [0.3, 0.4) is 0 Å². The lowest BCUT2D eigenvalue weighted by Crippen LogP contribution is -2.07. The molecule has 78 valence electrons. The SMILES string of the molecule is Nc1cc(Cl)cc(OS(=O)(=O)O)c1Cl. The first-order chi connectivity index (χ1) is 6.29. The second kappa shape index (κ2) is 3.82. The van der Waals surface area contributed by atoms with Crippen molar-refractivity contribution in [3.8, 4) is 5.75 Å². The number of nitrogen functional groups attached to an aromatic ring is 1. The van der Waals surface area contributed by atoms with Crippen LogP contribution in [-0.4, -0.2) is 13.0 Å². The summed E-state index contributed by atoms with van der Waals surface area (Å²) < 4.78 is 33.2. The fraction of sp³-hybridized carbons (Fsp3) is 0. The van der Waals surface area contributed by atoms with Crippen molar-refractivity contribution in [3.05, 3.63) is 22.2 Å². The summed E-state index contributed by atoms with van der Waals surface area (Å²) in [5, 5.41) is 0.0116. The summed E-state index contributed by atoms with van der Waals surface area (Å²) >= 11 is 11.1. The van der Waals surface area contributed by atoms with Crippen molar-refractivity contribution in [1.29, 1.82) is 0 Å². The van der Waals surface area contributed by atoms with E-state index in [0.29, 0.717) is 0 Å². The molecule has 1 rings (SSSR count). The zero-order valence-corrected chi connectivity index (χ0v) is 8.90. The summed E-state index contributed by atoms with van der Waals surface area (Å²) in [7, 11) is -4.63. The molecule has 1 aromatic rings. The largest absolute Gasteiger partial charge is 0.446 e. The minimum atomic E-state index is -4.63. The highest BCUT2D eigenvalue weighted by Gasteiger charge is 2.13. The molecule has 0 bridgehead atoms. The van der Waals surface area contributed by atoms with Crippen molar-refractivity contribution >= 4 is 39.3 Å². The Kier molecular flexibility index (Phi) is 3.10. The van der Waals surface area contributed by atoms with E-state index in [1.807, 2.05) is 0 Å². The molecule has 0 saturated carbocycles. The molecule has 8 heteroatoms. The summed E-state index contributed by atoms with van der Waals surface area (Å²) in [6, 6.07) is 2.44. The van der Waals surface area contributed by atoms with Crippen LogP contribution in [0.2, 0.25) is 10.0 Å². The van der Waals surface area contributed by atoms with E-state index in [-0.39, 0.29) is 21.5 Å². The zero-order valence-electron chi connectivity index (χ0n) is 6.57. The highest BCUT2D eigenvalue weighted by molar-refractivity contribution is 7.81. The summed E-state index contributed by atoms with van der Waals surface area (Å²) in [6.45, 7) is 0. The van der Waals surface area contributed by atoms with Gasteiger partial charge in [0.25, 0.3) is 0 Å². The van der Waals surface area contributed by atoms with Gasteiger partial charge >= 0.3 is 10.4 Å². The molecule has 5 nitrogen and oxygen atoms in total. The van der Waals surface area contributed by atoms with Gasteiger partial charge in [0.05, 0.1) is 5.69 Å². The van der Waals surface area contributed by atoms with Crippen LogP contribution in [0.5, 0.6) is 5.75 Å². The van der Waals surface area contributed by atoms with Gasteiger partial charge in [0.2, 0.25) is 0 Å². The summed E-state index contributed by atoms with van der Waals surface area (Å²) in [5.41, 5.74) is 5.42. The second-order valence-electron chi connectivity index (χ2n) is 2.32. The second-order valence-corrected chi connectivity index (χ2v) is 4.15. The van der Waals surface area contributed by atoms with E-state index in [9.17, 15) is 8.42 Å². The Morgan fingerprint density at radius 3 is 2.43 bits per heavy atom. The fourth-order valence-electron chi connectivity index (χ4n) is 0.759. The lowest BCUT2D eigenvalue weighted by Gasteiger charge is -2.06. The van der Waals surface area contributed by atoms with E-state index in [4.69, 9.17) is 33.5 Å². The molecule has 0 atom stereocenters. The summed E-state index contributed by atoms with van der Waals surface area (Å²) in [6.07, 6.45) is 0. The lowest BCUT2D eigenvalue weighted by molar-refractivity contribution is 0.387. The molecule has 14 heavy (non-hydrogen) atoms. The van der Waals surface area contributed by atoms with Gasteiger partial charge < -0.3 is 9.92 Å². The molecule has 0 spiro atoms. The molecule has 0 aliphatic heterocycles. The highest BCUT2D eigenvalue weighted by Crippen LogP contribution is 2.34. The third-order valence-corrected chi connectivity index (χ3v) is 2.24. The molecule has 0 saturated heterocycles. The van der Waals surface area contributed by atoms with Crippen molar-refractivity contribution < 1.29 is 17.2 Å². The monoisotopic (exact) mass is 257 g/mol. The standard InChI is InChI=1S/C6H5Cl2NO4S/c7-3-1-4(9)6(8)5(2-3)13-14(10,11)12/h1-2H,9H2,(H,10,11,12). The Hall–Kier alpha value is -0.690. The Labute approximate surface area is 90.3 Å². The molecular formula is C6H5Cl2NO4S. The van der Waals surface area contributed by atoms with Gasteiger partial charge in [-0.05, 0) is 6.07 Å². The highest BCUT2D eigenvalue weighted by atomic mass is 35.5. The number of halogens is 2. The molecular weight excluding hydrogens is 253 g/mol. The van der Waals surface area contributed by atoms with Gasteiger partial charge in [-0.2, -0.15) is 8.42 Å². The third kappa shape index (κ3) is 2.91. The molecule has 1 aromatic carbocycles. The maximum atomic E-state index is 10.4. The first-order valence-corrected chi connectivity index (χ1v) is 5.33. The topological polar surface area (TPSA) is 89.6 Å². The summed E-state index contributed by atoms with van der Waals surface area (Å²) in [4.78, 5) is 0. The predicted molar refractivity (Wildman–Crippen MR) is 53.1 cm³/mol. The smallest absolute Gasteiger partial charge is 0.397 e. The van der Waals surface area contributed by atoms with Crippen LogP contribution in [0.4, 0.5) is 5.69 Å². The van der Waals surface area contributed by atoms with Crippen LogP contribution >= 0.6 is 23.2 Å². The molecule has 0 aliphatic rings. The van der Waals surface area contributed by atoms with Gasteiger partial charge in [0, 0.05) is 11.1 Å². The molecule has 0 heterocycles. The number of hydrogen-bond acceptors (Lipinski definition) is 4. The molecule has 0 amide bonds. The van der Waals surface area contributed by atoms with E-state index in [2.05, 4.69) is 4.18 Å². The first kappa shape index (κ1) is 11.4. The van der Waals surface area contributed by atoms with Crippen molar-refractivity contribution in [2.24, 2.45) is 0 Å². The van der Waals surface area contributed by atoms with Crippen molar-refractivity contribution in [1.82, 2.24) is 0 Å². The molecule has 0 fully saturated rings. The normalized spacial score (nSPS) is 11.4. The third-order valence-electron chi connectivity index (χ3n) is 1.23. The van der Waals surface area contributed by atoms with E-state index < -0.39 is 10.4 Å². The van der Waals surface area contributed by atoms with E-state index in [1.54, 1.807) is 0 Å². The van der Waals surface area contributed by atoms with Gasteiger partial charge in [-0.1, -0.05) is 23.2 Å². The quantitative estimate of drug-likeness (QED) is 0.623. The van der Waals surface area contributed by atoms with Crippen molar-refractivity contribution in [3.63, 3.8) is 0 Å². The Bertz CT molecular complexity index is 459. The maximum Gasteiger partial charge on any atom is 0.446 e. The number of hydrogen-bond donors (Lipinski definition) is 2. The Morgan fingerprint density at radius 2 is 1.93 bits per heavy atom. The van der Waals surface area contributed by atoms with Gasteiger partial charge in [-0.3, -0.25) is 4.55 Å². The van der Waals surface area contributed by atoms with E-state index in [0.717, 1.165) is 6.07 Å². The Morgan fingerprint density at radius 1 is 1.36 bits per heavy atom. The van der Waals surface area contributed by atoms with Gasteiger partial charge in [-0.15, -0.1) is 0 Å². The zero-order chi connectivity index (χ0) is 10.9. The van der Waals surface area contributed by atoms with E-state index in [1.165, 1.54) is 6.07 Å². The van der Waals surface area contributed by atoms with Gasteiger partial charge in [0.1, 0.15) is 5.02 Å². The van der Waals surface area contributed by atoms with E-state index >= 15 is 0 Å². The summed E-state index contributed by atoms with van der Waals surface area (Å²) in [5.74, 6) is -0.320. The lowest BCUT2D eigenvalue weighted by atomic mass is 10.3. The Balaban J connectivity index is 3.22. The van der Waals surface area contributed by atoms with Gasteiger partial charge in [-0.25, -0.2) is 0 Å². The van der Waals surface area contributed by atoms with Crippen molar-refractivity contribution in [2.75, 3.05) is 5.73 Å². The molecule has 3 N–H and O–H groups in total. The van der Waals surface area contributed by atoms with Crippen LogP contribution in [0.15, 0.2) is 12.1 Å². The molecule has 0 unspecified atom stereocenters. The minimum Gasteiger partial charge on any atom is -0.397 e. The predicted octanol–water partition coefficient (Wildman–Crippen LogP) is 1.76. The molecule has 0 aliphatic carbocycles. The fourth-order valence-corrected chi connectivity index (χ4v) is 1.53. The molecule has 0 radical (unpaired) electrons. The van der Waals surface area contributed by atoms with Crippen LogP contribution in [0.1, 0.15) is 0 Å². The van der Waals surface area contributed by atoms with Crippen LogP contribution in [0, 0.1) is 0 Å². The molecule has 0 aromatic heterocycles. The van der Waals surface area contributed by atoms with Crippen LogP contribution < -0.4 is 9.92 Å². The number of nitrogens with two attached hydrogens (primary N) is 1. The minimum absolute atomic E-state index is 0.0535. The number of anilines is 1. The van der Waals surface area contributed by atoms with Crippen LogP contribution in [-0.2, 0) is 10.4 Å². The van der Waals surface area contributed by atoms with Crippen LogP contribution in [0.25, 0.3) is 0 Å². The average Bonchev–Trinajstić information content (AvgIpc) is 1.96. The first-order valence-electron chi connectivity index (χ1n) is 3.21. The van der Waals surface area contributed by atoms with Crippen molar-refractivity contribution in [2.45, 2.75) is 0 Å². The van der Waals surface area contributed by atoms with Gasteiger partial charge in [0.15, 0.2) is 5.75 Å². The average molecular weight is 258 g/mol.